The minimum absolute atomic E-state index is 0.0245. The van der Waals surface area contributed by atoms with Crippen LogP contribution in [0.5, 0.6) is 5.75 Å². The Labute approximate surface area is 149 Å². The van der Waals surface area contributed by atoms with Crippen LogP contribution in [-0.2, 0) is 4.79 Å². The molecule has 1 aromatic heterocycles. The van der Waals surface area contributed by atoms with Gasteiger partial charge < -0.3 is 14.5 Å². The summed E-state index contributed by atoms with van der Waals surface area (Å²) in [5.41, 5.74) is 0.547. The predicted octanol–water partition coefficient (Wildman–Crippen LogP) is 2.48. The molecule has 1 saturated heterocycles. The SMILES string of the molecule is CC(=O)N(C[C@H]1CCCN1C(=O)c1cncc(OC(C)C)c1)C1CC1. The second kappa shape index (κ2) is 7.42. The average Bonchev–Trinajstić information content (AvgIpc) is 3.29. The average molecular weight is 345 g/mol. The van der Waals surface area contributed by atoms with E-state index >= 15 is 0 Å². The molecule has 0 bridgehead atoms. The van der Waals surface area contributed by atoms with Gasteiger partial charge in [0.1, 0.15) is 5.75 Å². The largest absolute Gasteiger partial charge is 0.489 e. The number of nitrogens with zero attached hydrogens (tertiary/aromatic N) is 3. The predicted molar refractivity (Wildman–Crippen MR) is 94.5 cm³/mol. The Bertz CT molecular complexity index is 643. The van der Waals surface area contributed by atoms with Crippen molar-refractivity contribution in [3.05, 3.63) is 24.0 Å². The first-order valence-electron chi connectivity index (χ1n) is 9.15. The van der Waals surface area contributed by atoms with Crippen molar-refractivity contribution in [3.63, 3.8) is 0 Å². The summed E-state index contributed by atoms with van der Waals surface area (Å²) >= 11 is 0. The van der Waals surface area contributed by atoms with Gasteiger partial charge >= 0.3 is 0 Å². The summed E-state index contributed by atoms with van der Waals surface area (Å²) in [6.45, 7) is 6.88. The molecular weight excluding hydrogens is 318 g/mol. The van der Waals surface area contributed by atoms with Gasteiger partial charge in [-0.25, -0.2) is 0 Å². The zero-order valence-electron chi connectivity index (χ0n) is 15.3. The Kier molecular flexibility index (Phi) is 5.25. The molecule has 0 spiro atoms. The summed E-state index contributed by atoms with van der Waals surface area (Å²) in [4.78, 5) is 32.8. The van der Waals surface area contributed by atoms with Gasteiger partial charge in [0.2, 0.25) is 5.91 Å². The number of carbonyl (C=O) groups excluding carboxylic acids is 2. The summed E-state index contributed by atoms with van der Waals surface area (Å²) in [6, 6.07) is 2.22. The highest BCUT2D eigenvalue weighted by Crippen LogP contribution is 2.30. The first-order valence-corrected chi connectivity index (χ1v) is 9.15. The van der Waals surface area contributed by atoms with E-state index in [0.29, 0.717) is 23.9 Å². The number of hydrogen-bond acceptors (Lipinski definition) is 4. The van der Waals surface area contributed by atoms with Crippen molar-refractivity contribution in [1.29, 1.82) is 0 Å². The summed E-state index contributed by atoms with van der Waals surface area (Å²) in [5.74, 6) is 0.694. The Morgan fingerprint density at radius 3 is 2.72 bits per heavy atom. The molecular formula is C19H27N3O3. The summed E-state index contributed by atoms with van der Waals surface area (Å²) in [7, 11) is 0. The normalized spacial score (nSPS) is 20.0. The smallest absolute Gasteiger partial charge is 0.255 e. The van der Waals surface area contributed by atoms with E-state index in [0.717, 1.165) is 32.2 Å². The van der Waals surface area contributed by atoms with E-state index in [-0.39, 0.29) is 24.0 Å². The Balaban J connectivity index is 1.71. The molecule has 1 atom stereocenters. The molecule has 2 fully saturated rings. The number of ether oxygens (including phenoxy) is 1. The minimum atomic E-state index is -0.0245. The second-order valence-corrected chi connectivity index (χ2v) is 7.27. The van der Waals surface area contributed by atoms with Crippen LogP contribution >= 0.6 is 0 Å². The van der Waals surface area contributed by atoms with Crippen LogP contribution in [0.2, 0.25) is 0 Å². The highest BCUT2D eigenvalue weighted by molar-refractivity contribution is 5.94. The molecule has 2 amide bonds. The number of aromatic nitrogens is 1. The molecule has 0 unspecified atom stereocenters. The van der Waals surface area contributed by atoms with Crippen LogP contribution in [0.4, 0.5) is 0 Å². The second-order valence-electron chi connectivity index (χ2n) is 7.27. The van der Waals surface area contributed by atoms with Crippen LogP contribution in [0.25, 0.3) is 0 Å². The van der Waals surface area contributed by atoms with Gasteiger partial charge in [-0.3, -0.25) is 14.6 Å². The fourth-order valence-corrected chi connectivity index (χ4v) is 3.48. The van der Waals surface area contributed by atoms with E-state index in [9.17, 15) is 9.59 Å². The molecule has 25 heavy (non-hydrogen) atoms. The maximum atomic E-state index is 13.0. The maximum absolute atomic E-state index is 13.0. The lowest BCUT2D eigenvalue weighted by Crippen LogP contribution is -2.45. The van der Waals surface area contributed by atoms with Crippen molar-refractivity contribution in [1.82, 2.24) is 14.8 Å². The van der Waals surface area contributed by atoms with Crippen LogP contribution in [0.15, 0.2) is 18.5 Å². The quantitative estimate of drug-likeness (QED) is 0.795. The molecule has 2 aliphatic rings. The maximum Gasteiger partial charge on any atom is 0.255 e. The van der Waals surface area contributed by atoms with Crippen LogP contribution < -0.4 is 4.74 Å². The minimum Gasteiger partial charge on any atom is -0.489 e. The molecule has 1 aliphatic carbocycles. The van der Waals surface area contributed by atoms with Crippen molar-refractivity contribution in [2.75, 3.05) is 13.1 Å². The first kappa shape index (κ1) is 17.7. The van der Waals surface area contributed by atoms with E-state index in [2.05, 4.69) is 4.98 Å². The Hall–Kier alpha value is -2.11. The molecule has 6 nitrogen and oxygen atoms in total. The van der Waals surface area contributed by atoms with Crippen molar-refractivity contribution in [3.8, 4) is 5.75 Å². The van der Waals surface area contributed by atoms with Crippen LogP contribution in [-0.4, -0.2) is 57.9 Å². The zero-order chi connectivity index (χ0) is 18.0. The molecule has 2 heterocycles. The summed E-state index contributed by atoms with van der Waals surface area (Å²) < 4.78 is 5.64. The number of rotatable bonds is 6. The van der Waals surface area contributed by atoms with Gasteiger partial charge in [0, 0.05) is 38.3 Å². The number of carbonyl (C=O) groups is 2. The monoisotopic (exact) mass is 345 g/mol. The zero-order valence-corrected chi connectivity index (χ0v) is 15.3. The van der Waals surface area contributed by atoms with Gasteiger partial charge in [0.15, 0.2) is 0 Å². The van der Waals surface area contributed by atoms with Crippen LogP contribution in [0, 0.1) is 0 Å². The third-order valence-corrected chi connectivity index (χ3v) is 4.77. The van der Waals surface area contributed by atoms with Gasteiger partial charge in [-0.05, 0) is 45.6 Å². The van der Waals surface area contributed by atoms with E-state index in [1.54, 1.807) is 25.4 Å². The molecule has 0 radical (unpaired) electrons. The molecule has 136 valence electrons. The molecule has 3 rings (SSSR count). The van der Waals surface area contributed by atoms with Crippen molar-refractivity contribution >= 4 is 11.8 Å². The van der Waals surface area contributed by atoms with Crippen LogP contribution in [0.1, 0.15) is 56.8 Å². The fourth-order valence-electron chi connectivity index (χ4n) is 3.48. The van der Waals surface area contributed by atoms with E-state index in [1.807, 2.05) is 23.6 Å². The van der Waals surface area contributed by atoms with Crippen molar-refractivity contribution < 1.29 is 14.3 Å². The van der Waals surface area contributed by atoms with Gasteiger partial charge in [-0.15, -0.1) is 0 Å². The lowest BCUT2D eigenvalue weighted by molar-refractivity contribution is -0.130. The van der Waals surface area contributed by atoms with Crippen molar-refractivity contribution in [2.24, 2.45) is 0 Å². The first-order chi connectivity index (χ1) is 12.0. The standard InChI is InChI=1S/C19H27N3O3/c1-13(2)25-18-9-15(10-20-11-18)19(24)21-8-4-5-17(21)12-22(14(3)23)16-6-7-16/h9-11,13,16-17H,4-8,12H2,1-3H3/t17-/m1/s1. The van der Waals surface area contributed by atoms with Crippen molar-refractivity contribution in [2.45, 2.75) is 64.6 Å². The lowest BCUT2D eigenvalue weighted by Gasteiger charge is -2.30. The topological polar surface area (TPSA) is 62.7 Å². The highest BCUT2D eigenvalue weighted by Gasteiger charge is 2.36. The molecule has 0 aromatic carbocycles. The summed E-state index contributed by atoms with van der Waals surface area (Å²) in [6.07, 6.45) is 7.34. The van der Waals surface area contributed by atoms with Gasteiger partial charge in [0.05, 0.1) is 17.9 Å². The number of pyridine rings is 1. The molecule has 1 aliphatic heterocycles. The Morgan fingerprint density at radius 1 is 1.32 bits per heavy atom. The van der Waals surface area contributed by atoms with Gasteiger partial charge in [-0.1, -0.05) is 0 Å². The van der Waals surface area contributed by atoms with Crippen LogP contribution in [0.3, 0.4) is 0 Å². The molecule has 1 aromatic rings. The highest BCUT2D eigenvalue weighted by atomic mass is 16.5. The number of hydrogen-bond donors (Lipinski definition) is 0. The molecule has 1 saturated carbocycles. The van der Waals surface area contributed by atoms with Gasteiger partial charge in [0.25, 0.3) is 5.91 Å². The van der Waals surface area contributed by atoms with E-state index in [4.69, 9.17) is 4.74 Å². The lowest BCUT2D eigenvalue weighted by atomic mass is 10.1. The fraction of sp³-hybridized carbons (Fsp3) is 0.632. The van der Waals surface area contributed by atoms with Gasteiger partial charge in [-0.2, -0.15) is 0 Å². The third kappa shape index (κ3) is 4.30. The molecule has 0 N–H and O–H groups in total. The van der Waals surface area contributed by atoms with E-state index < -0.39 is 0 Å². The Morgan fingerprint density at radius 2 is 2.08 bits per heavy atom. The third-order valence-electron chi connectivity index (χ3n) is 4.77. The molecule has 6 heteroatoms. The number of amides is 2. The summed E-state index contributed by atoms with van der Waals surface area (Å²) in [5, 5.41) is 0. The van der Waals surface area contributed by atoms with E-state index in [1.165, 1.54) is 0 Å². The number of likely N-dealkylation sites (tertiary alicyclic amines) is 1.